The van der Waals surface area contributed by atoms with E-state index in [-0.39, 0.29) is 11.5 Å². The van der Waals surface area contributed by atoms with Crippen LogP contribution in [0.2, 0.25) is 0 Å². The number of aromatic carboxylic acids is 1. The van der Waals surface area contributed by atoms with Gasteiger partial charge in [-0.25, -0.2) is 4.79 Å². The lowest BCUT2D eigenvalue weighted by atomic mass is 9.88. The third kappa shape index (κ3) is 4.24. The van der Waals surface area contributed by atoms with Gasteiger partial charge >= 0.3 is 5.97 Å². The number of benzene rings is 2. The van der Waals surface area contributed by atoms with E-state index < -0.39 is 5.97 Å². The summed E-state index contributed by atoms with van der Waals surface area (Å²) in [4.78, 5) is 28.9. The Morgan fingerprint density at radius 3 is 2.38 bits per heavy atom. The quantitative estimate of drug-likeness (QED) is 0.745. The molecule has 2 heterocycles. The molecule has 1 saturated heterocycles. The van der Waals surface area contributed by atoms with Crippen molar-refractivity contribution in [2.45, 2.75) is 57.2 Å². The number of amides is 1. The normalized spacial score (nSPS) is 20.0. The third-order valence-corrected chi connectivity index (χ3v) is 7.33. The van der Waals surface area contributed by atoms with Crippen LogP contribution in [0.1, 0.15) is 63.9 Å². The van der Waals surface area contributed by atoms with Gasteiger partial charge in [-0.1, -0.05) is 18.6 Å². The van der Waals surface area contributed by atoms with Crippen LogP contribution in [0.25, 0.3) is 0 Å². The molecular formula is C26H30N2O4. The van der Waals surface area contributed by atoms with Gasteiger partial charge in [-0.15, -0.1) is 0 Å². The number of carbonyl (C=O) groups is 2. The molecule has 2 aromatic carbocycles. The minimum atomic E-state index is -0.935. The van der Waals surface area contributed by atoms with Crippen molar-refractivity contribution in [2.75, 3.05) is 19.6 Å². The van der Waals surface area contributed by atoms with Gasteiger partial charge in [0.1, 0.15) is 12.4 Å². The molecule has 2 fully saturated rings. The highest BCUT2D eigenvalue weighted by Crippen LogP contribution is 2.31. The summed E-state index contributed by atoms with van der Waals surface area (Å²) in [5.41, 5.74) is 3.02. The molecule has 2 aliphatic heterocycles. The largest absolute Gasteiger partial charge is 0.489 e. The number of ether oxygens (including phenoxy) is 1. The van der Waals surface area contributed by atoms with Crippen molar-refractivity contribution in [1.82, 2.24) is 9.80 Å². The molecule has 6 heteroatoms. The molecule has 168 valence electrons. The van der Waals surface area contributed by atoms with E-state index in [1.54, 1.807) is 24.3 Å². The molecule has 3 aliphatic rings. The lowest BCUT2D eigenvalue weighted by molar-refractivity contribution is 0.0414. The lowest BCUT2D eigenvalue weighted by Crippen LogP contribution is -2.52. The summed E-state index contributed by atoms with van der Waals surface area (Å²) in [6, 6.07) is 13.6. The van der Waals surface area contributed by atoms with Crippen LogP contribution >= 0.6 is 0 Å². The fourth-order valence-electron chi connectivity index (χ4n) is 5.15. The Labute approximate surface area is 188 Å². The number of likely N-dealkylation sites (tertiary alicyclic amines) is 1. The number of carboxylic acids is 1. The number of rotatable bonds is 6. The Kier molecular flexibility index (Phi) is 5.87. The molecule has 1 aliphatic carbocycles. The fraction of sp³-hybridized carbons (Fsp3) is 0.462. The second kappa shape index (κ2) is 8.94. The number of carboxylic acid groups (broad SMARTS) is 1. The van der Waals surface area contributed by atoms with E-state index >= 15 is 0 Å². The van der Waals surface area contributed by atoms with Crippen LogP contribution in [0.3, 0.4) is 0 Å². The van der Waals surface area contributed by atoms with Crippen LogP contribution in [-0.4, -0.2) is 58.5 Å². The number of hydrogen-bond acceptors (Lipinski definition) is 4. The summed E-state index contributed by atoms with van der Waals surface area (Å²) in [5.74, 6) is -0.0416. The van der Waals surface area contributed by atoms with Crippen molar-refractivity contribution >= 4 is 11.9 Å². The highest BCUT2D eigenvalue weighted by Gasteiger charge is 2.34. The van der Waals surface area contributed by atoms with Crippen LogP contribution in [-0.2, 0) is 13.0 Å². The molecule has 0 atom stereocenters. The SMILES string of the molecule is O=C(O)c1ccc(COc2ccc3c(c2)CCN(C2CCN(C4CCC4)CC2)C3=O)cc1. The molecule has 1 N–H and O–H groups in total. The Morgan fingerprint density at radius 2 is 1.72 bits per heavy atom. The molecular weight excluding hydrogens is 404 g/mol. The van der Waals surface area contributed by atoms with Gasteiger partial charge in [0.25, 0.3) is 5.91 Å². The number of hydrogen-bond donors (Lipinski definition) is 1. The maximum absolute atomic E-state index is 13.2. The predicted octanol–water partition coefficient (Wildman–Crippen LogP) is 3.98. The maximum Gasteiger partial charge on any atom is 0.335 e. The van der Waals surface area contributed by atoms with Gasteiger partial charge in [-0.3, -0.25) is 4.79 Å². The van der Waals surface area contributed by atoms with Crippen molar-refractivity contribution in [3.05, 3.63) is 64.7 Å². The molecule has 5 rings (SSSR count). The molecule has 32 heavy (non-hydrogen) atoms. The van der Waals surface area contributed by atoms with Crippen molar-refractivity contribution in [3.63, 3.8) is 0 Å². The lowest BCUT2D eigenvalue weighted by Gasteiger charge is -2.45. The van der Waals surface area contributed by atoms with Gasteiger partial charge in [0, 0.05) is 37.3 Å². The summed E-state index contributed by atoms with van der Waals surface area (Å²) in [6.45, 7) is 3.37. The number of piperidine rings is 1. The third-order valence-electron chi connectivity index (χ3n) is 7.33. The smallest absolute Gasteiger partial charge is 0.335 e. The minimum Gasteiger partial charge on any atom is -0.489 e. The topological polar surface area (TPSA) is 70.1 Å². The zero-order valence-electron chi connectivity index (χ0n) is 18.3. The van der Waals surface area contributed by atoms with E-state index in [1.807, 2.05) is 18.2 Å². The molecule has 0 spiro atoms. The van der Waals surface area contributed by atoms with Crippen LogP contribution in [0.15, 0.2) is 42.5 Å². The van der Waals surface area contributed by atoms with Crippen LogP contribution in [0.5, 0.6) is 5.75 Å². The molecule has 0 bridgehead atoms. The van der Waals surface area contributed by atoms with E-state index in [4.69, 9.17) is 9.84 Å². The minimum absolute atomic E-state index is 0.157. The maximum atomic E-state index is 13.2. The van der Waals surface area contributed by atoms with Gasteiger partial charge in [-0.05, 0) is 73.6 Å². The number of nitrogens with zero attached hydrogens (tertiary/aromatic N) is 2. The number of carbonyl (C=O) groups excluding carboxylic acids is 1. The van der Waals surface area contributed by atoms with E-state index in [0.717, 1.165) is 67.4 Å². The van der Waals surface area contributed by atoms with Crippen molar-refractivity contribution in [3.8, 4) is 5.75 Å². The second-order valence-electron chi connectivity index (χ2n) is 9.21. The van der Waals surface area contributed by atoms with Gasteiger partial charge in [0.15, 0.2) is 0 Å². The van der Waals surface area contributed by atoms with Crippen LogP contribution in [0, 0.1) is 0 Å². The molecule has 1 saturated carbocycles. The van der Waals surface area contributed by atoms with Crippen molar-refractivity contribution < 1.29 is 19.4 Å². The summed E-state index contributed by atoms with van der Waals surface area (Å²) in [6.07, 6.45) is 7.08. The molecule has 2 aromatic rings. The first-order valence-corrected chi connectivity index (χ1v) is 11.7. The highest BCUT2D eigenvalue weighted by atomic mass is 16.5. The van der Waals surface area contributed by atoms with E-state index in [1.165, 1.54) is 19.3 Å². The average molecular weight is 435 g/mol. The highest BCUT2D eigenvalue weighted by molar-refractivity contribution is 5.97. The fourth-order valence-corrected chi connectivity index (χ4v) is 5.15. The Hall–Kier alpha value is -2.86. The second-order valence-corrected chi connectivity index (χ2v) is 9.21. The van der Waals surface area contributed by atoms with Gasteiger partial charge in [0.05, 0.1) is 5.56 Å². The number of fused-ring (bicyclic) bond motifs is 1. The Balaban J connectivity index is 1.19. The first-order valence-electron chi connectivity index (χ1n) is 11.7. The van der Waals surface area contributed by atoms with Crippen LogP contribution in [0.4, 0.5) is 0 Å². The van der Waals surface area contributed by atoms with E-state index in [0.29, 0.717) is 12.6 Å². The summed E-state index contributed by atoms with van der Waals surface area (Å²) >= 11 is 0. The summed E-state index contributed by atoms with van der Waals surface area (Å²) in [5, 5.41) is 9.00. The van der Waals surface area contributed by atoms with Gasteiger partial charge in [0.2, 0.25) is 0 Å². The van der Waals surface area contributed by atoms with Crippen molar-refractivity contribution in [2.24, 2.45) is 0 Å². The molecule has 1 amide bonds. The van der Waals surface area contributed by atoms with Gasteiger partial charge in [-0.2, -0.15) is 0 Å². The summed E-state index contributed by atoms with van der Waals surface area (Å²) in [7, 11) is 0. The Bertz CT molecular complexity index is 991. The molecule has 0 radical (unpaired) electrons. The van der Waals surface area contributed by atoms with E-state index in [2.05, 4.69) is 9.80 Å². The standard InChI is InChI=1S/C26H30N2O4/c29-25-24-9-8-23(32-17-18-4-6-19(7-5-18)26(30)31)16-20(24)10-15-28(25)22-11-13-27(14-12-22)21-2-1-3-21/h4-9,16,21-22H,1-3,10-15,17H2,(H,30,31). The Morgan fingerprint density at radius 1 is 0.969 bits per heavy atom. The molecule has 0 unspecified atom stereocenters. The first-order chi connectivity index (χ1) is 15.6. The predicted molar refractivity (Wildman–Crippen MR) is 121 cm³/mol. The van der Waals surface area contributed by atoms with Crippen molar-refractivity contribution in [1.29, 1.82) is 0 Å². The van der Waals surface area contributed by atoms with Gasteiger partial charge < -0.3 is 19.6 Å². The zero-order chi connectivity index (χ0) is 22.1. The average Bonchev–Trinajstić information content (AvgIpc) is 2.78. The first kappa shape index (κ1) is 21.0. The van der Waals surface area contributed by atoms with E-state index in [9.17, 15) is 9.59 Å². The summed E-state index contributed by atoms with van der Waals surface area (Å²) < 4.78 is 5.91. The molecule has 6 nitrogen and oxygen atoms in total. The molecule has 0 aromatic heterocycles. The van der Waals surface area contributed by atoms with Crippen LogP contribution < -0.4 is 4.74 Å². The zero-order valence-corrected chi connectivity index (χ0v) is 18.3. The monoisotopic (exact) mass is 434 g/mol.